The summed E-state index contributed by atoms with van der Waals surface area (Å²) in [7, 11) is -1.47. The molecule has 2 N–H and O–H groups in total. The Kier molecular flexibility index (Phi) is 6.49. The molecule has 0 aliphatic carbocycles. The molecular weight excluding hydrogens is 611 g/mol. The van der Waals surface area contributed by atoms with Crippen LogP contribution in [-0.4, -0.2) is 17.2 Å². The quantitative estimate of drug-likeness (QED) is 0.186. The van der Waals surface area contributed by atoms with E-state index in [0.717, 1.165) is 48.3 Å². The summed E-state index contributed by atoms with van der Waals surface area (Å²) in [5.41, 5.74) is 6.28. The van der Waals surface area contributed by atoms with Crippen LogP contribution in [0.25, 0.3) is 76.5 Å². The number of hydrogen-bond donors (Lipinski definition) is 2. The van der Waals surface area contributed by atoms with Crippen molar-refractivity contribution in [1.82, 2.24) is 0 Å². The molecule has 0 unspecified atom stereocenters. The van der Waals surface area contributed by atoms with Gasteiger partial charge in [0.15, 0.2) is 0 Å². The van der Waals surface area contributed by atoms with Gasteiger partial charge in [0.25, 0.3) is 0 Å². The summed E-state index contributed by atoms with van der Waals surface area (Å²) in [5, 5.41) is 27.7. The minimum atomic E-state index is -1.47. The summed E-state index contributed by atoms with van der Waals surface area (Å²) in [6.07, 6.45) is 0. The standard InChI is InChI=1S/C22H13BrO.C16H11BO3/c23-17-6-3-5-15(12-17)16-9-10-20-19(13-16)22-18-7-2-1-4-14(18)8-11-21(22)24-20;18-17(19)11-6-8-14-13(9-11)16-12-4-2-1-3-10(12)5-7-15(16)20-14/h1-13H;1-9,18-19H. The van der Waals surface area contributed by atoms with Crippen molar-refractivity contribution in [3.05, 3.63) is 138 Å². The SMILES string of the molecule is Brc1cccc(-c2ccc3oc4ccc5ccccc5c4c3c2)c1.OB(O)c1ccc2oc3ccc4ccccc4c3c2c1. The number of furan rings is 2. The second-order valence-electron chi connectivity index (χ2n) is 10.9. The van der Waals surface area contributed by atoms with Crippen LogP contribution in [0.1, 0.15) is 0 Å². The highest BCUT2D eigenvalue weighted by Crippen LogP contribution is 2.37. The highest BCUT2D eigenvalue weighted by Gasteiger charge is 2.16. The second kappa shape index (κ2) is 10.7. The van der Waals surface area contributed by atoms with Crippen LogP contribution >= 0.6 is 15.9 Å². The highest BCUT2D eigenvalue weighted by molar-refractivity contribution is 9.10. The zero-order chi connectivity index (χ0) is 29.8. The Bertz CT molecular complexity index is 2510. The summed E-state index contributed by atoms with van der Waals surface area (Å²) in [5.74, 6) is 0. The third-order valence-electron chi connectivity index (χ3n) is 8.20. The van der Waals surface area contributed by atoms with Crippen LogP contribution in [0.5, 0.6) is 0 Å². The van der Waals surface area contributed by atoms with Crippen molar-refractivity contribution in [2.75, 3.05) is 0 Å². The number of hydrogen-bond acceptors (Lipinski definition) is 4. The van der Waals surface area contributed by atoms with Crippen LogP contribution in [0.4, 0.5) is 0 Å². The Morgan fingerprint density at radius 2 is 1.00 bits per heavy atom. The Hall–Kier alpha value is -4.88. The molecule has 9 aromatic rings. The average Bonchev–Trinajstić information content (AvgIpc) is 3.63. The van der Waals surface area contributed by atoms with Gasteiger partial charge in [-0.3, -0.25) is 0 Å². The first-order valence-electron chi connectivity index (χ1n) is 14.3. The van der Waals surface area contributed by atoms with Gasteiger partial charge in [0.2, 0.25) is 0 Å². The zero-order valence-corrected chi connectivity index (χ0v) is 25.0. The van der Waals surface area contributed by atoms with Crippen LogP contribution in [0.3, 0.4) is 0 Å². The summed E-state index contributed by atoms with van der Waals surface area (Å²) in [4.78, 5) is 0. The van der Waals surface area contributed by atoms with Crippen LogP contribution in [-0.2, 0) is 0 Å². The van der Waals surface area contributed by atoms with Crippen LogP contribution in [0.2, 0.25) is 0 Å². The maximum absolute atomic E-state index is 9.33. The molecule has 0 fully saturated rings. The number of halogens is 1. The van der Waals surface area contributed by atoms with Gasteiger partial charge in [-0.25, -0.2) is 0 Å². The van der Waals surface area contributed by atoms with Gasteiger partial charge in [-0.2, -0.15) is 0 Å². The molecule has 0 aliphatic rings. The Labute approximate surface area is 261 Å². The summed E-state index contributed by atoms with van der Waals surface area (Å²) in [6.45, 7) is 0. The highest BCUT2D eigenvalue weighted by atomic mass is 79.9. The van der Waals surface area contributed by atoms with Crippen molar-refractivity contribution in [1.29, 1.82) is 0 Å². The normalized spacial score (nSPS) is 11.5. The maximum atomic E-state index is 9.33. The molecule has 0 radical (unpaired) electrons. The topological polar surface area (TPSA) is 66.7 Å². The van der Waals surface area contributed by atoms with Crippen molar-refractivity contribution in [3.8, 4) is 11.1 Å². The number of rotatable bonds is 2. The fourth-order valence-electron chi connectivity index (χ4n) is 6.12. The predicted molar refractivity (Wildman–Crippen MR) is 185 cm³/mol. The van der Waals surface area contributed by atoms with E-state index in [0.29, 0.717) is 5.46 Å². The molecule has 7 aromatic carbocycles. The molecule has 4 nitrogen and oxygen atoms in total. The average molecular weight is 635 g/mol. The van der Waals surface area contributed by atoms with E-state index in [2.05, 4.69) is 101 Å². The molecule has 6 heteroatoms. The minimum absolute atomic E-state index is 0.466. The lowest BCUT2D eigenvalue weighted by molar-refractivity contribution is 0.426. The lowest BCUT2D eigenvalue weighted by Gasteiger charge is -2.03. The molecule has 2 heterocycles. The molecule has 0 aliphatic heterocycles. The van der Waals surface area contributed by atoms with Gasteiger partial charge in [0, 0.05) is 26.0 Å². The summed E-state index contributed by atoms with van der Waals surface area (Å²) in [6, 6.07) is 44.7. The van der Waals surface area contributed by atoms with Gasteiger partial charge >= 0.3 is 7.12 Å². The summed E-state index contributed by atoms with van der Waals surface area (Å²) >= 11 is 3.56. The second-order valence-corrected chi connectivity index (χ2v) is 11.8. The van der Waals surface area contributed by atoms with E-state index in [9.17, 15) is 10.0 Å². The van der Waals surface area contributed by atoms with Gasteiger partial charge < -0.3 is 18.9 Å². The molecule has 0 saturated carbocycles. The fourth-order valence-corrected chi connectivity index (χ4v) is 6.52. The molecule has 210 valence electrons. The van der Waals surface area contributed by atoms with E-state index < -0.39 is 7.12 Å². The fraction of sp³-hybridized carbons (Fsp3) is 0. The third-order valence-corrected chi connectivity index (χ3v) is 8.69. The molecule has 2 aromatic heterocycles. The van der Waals surface area contributed by atoms with Gasteiger partial charge in [0.1, 0.15) is 22.3 Å². The predicted octanol–water partition coefficient (Wildman–Crippen LogP) is 9.59. The lowest BCUT2D eigenvalue weighted by atomic mass is 9.80. The van der Waals surface area contributed by atoms with Gasteiger partial charge in [-0.15, -0.1) is 0 Å². The molecule has 0 amide bonds. The van der Waals surface area contributed by atoms with Crippen molar-refractivity contribution in [3.63, 3.8) is 0 Å². The smallest absolute Gasteiger partial charge is 0.456 e. The minimum Gasteiger partial charge on any atom is -0.456 e. The van der Waals surface area contributed by atoms with Gasteiger partial charge in [-0.1, -0.05) is 107 Å². The first-order valence-corrected chi connectivity index (χ1v) is 15.1. The van der Waals surface area contributed by atoms with Crippen LogP contribution in [0.15, 0.2) is 147 Å². The van der Waals surface area contributed by atoms with E-state index in [1.165, 1.54) is 32.7 Å². The molecule has 9 rings (SSSR count). The van der Waals surface area contributed by atoms with Crippen molar-refractivity contribution >= 4 is 93.9 Å². The van der Waals surface area contributed by atoms with Crippen LogP contribution < -0.4 is 5.46 Å². The van der Waals surface area contributed by atoms with E-state index in [1.54, 1.807) is 18.2 Å². The first kappa shape index (κ1) is 26.7. The molecule has 0 bridgehead atoms. The number of benzene rings is 7. The Morgan fingerprint density at radius 1 is 0.455 bits per heavy atom. The van der Waals surface area contributed by atoms with Gasteiger partial charge in [0.05, 0.1) is 0 Å². The third kappa shape index (κ3) is 4.56. The molecule has 44 heavy (non-hydrogen) atoms. The van der Waals surface area contributed by atoms with Gasteiger partial charge in [-0.05, 0) is 80.6 Å². The van der Waals surface area contributed by atoms with E-state index in [1.807, 2.05) is 30.3 Å². The molecule has 0 atom stereocenters. The summed E-state index contributed by atoms with van der Waals surface area (Å²) < 4.78 is 13.0. The van der Waals surface area contributed by atoms with E-state index >= 15 is 0 Å². The van der Waals surface area contributed by atoms with E-state index in [4.69, 9.17) is 8.83 Å². The Balaban J connectivity index is 0.000000134. The molecular formula is C38H24BBrO4. The Morgan fingerprint density at radius 3 is 1.61 bits per heavy atom. The largest absolute Gasteiger partial charge is 0.488 e. The zero-order valence-electron chi connectivity index (χ0n) is 23.4. The van der Waals surface area contributed by atoms with Crippen LogP contribution in [0, 0.1) is 0 Å². The molecule has 0 saturated heterocycles. The maximum Gasteiger partial charge on any atom is 0.488 e. The van der Waals surface area contributed by atoms with Crippen molar-refractivity contribution < 1.29 is 18.9 Å². The molecule has 0 spiro atoms. The van der Waals surface area contributed by atoms with Crippen molar-refractivity contribution in [2.45, 2.75) is 0 Å². The monoisotopic (exact) mass is 634 g/mol. The first-order chi connectivity index (χ1) is 21.5. The van der Waals surface area contributed by atoms with E-state index in [-0.39, 0.29) is 0 Å². The lowest BCUT2D eigenvalue weighted by Crippen LogP contribution is -2.29. The van der Waals surface area contributed by atoms with Crippen molar-refractivity contribution in [2.24, 2.45) is 0 Å². The number of fused-ring (bicyclic) bond motifs is 10.